The fourth-order valence-corrected chi connectivity index (χ4v) is 8.49. The molecule has 0 bridgehead atoms. The summed E-state index contributed by atoms with van der Waals surface area (Å²) in [6.07, 6.45) is 4.33. The Hall–Kier alpha value is -2.17. The molecular formula is C20H25N3O5S2. The SMILES string of the molecule is O=C(Cc1ccc(-n2cccc2)cc1)N1CCN(S(=O)(=O)C2CCS(=O)(=O)C2)CC1. The fourth-order valence-electron chi connectivity index (χ4n) is 3.98. The molecule has 1 aromatic carbocycles. The maximum Gasteiger partial charge on any atom is 0.227 e. The second-order valence-corrected chi connectivity index (χ2v) is 12.2. The van der Waals surface area contributed by atoms with E-state index >= 15 is 0 Å². The zero-order valence-electron chi connectivity index (χ0n) is 16.6. The van der Waals surface area contributed by atoms with E-state index in [4.69, 9.17) is 0 Å². The number of hydrogen-bond acceptors (Lipinski definition) is 5. The molecule has 4 rings (SSSR count). The van der Waals surface area contributed by atoms with Gasteiger partial charge in [-0.25, -0.2) is 16.8 Å². The maximum atomic E-state index is 12.7. The van der Waals surface area contributed by atoms with Gasteiger partial charge >= 0.3 is 0 Å². The molecule has 0 saturated carbocycles. The Kier molecular flexibility index (Phi) is 5.73. The van der Waals surface area contributed by atoms with Crippen molar-refractivity contribution in [2.75, 3.05) is 37.7 Å². The van der Waals surface area contributed by atoms with Crippen LogP contribution in [0.2, 0.25) is 0 Å². The van der Waals surface area contributed by atoms with E-state index in [0.717, 1.165) is 11.3 Å². The first kappa shape index (κ1) is 21.1. The molecular weight excluding hydrogens is 426 g/mol. The van der Waals surface area contributed by atoms with Crippen molar-refractivity contribution < 1.29 is 21.6 Å². The molecule has 3 heterocycles. The van der Waals surface area contributed by atoms with Crippen molar-refractivity contribution in [2.24, 2.45) is 0 Å². The summed E-state index contributed by atoms with van der Waals surface area (Å²) in [5.41, 5.74) is 1.92. The molecule has 1 aromatic heterocycles. The minimum absolute atomic E-state index is 0.0378. The van der Waals surface area contributed by atoms with Gasteiger partial charge in [-0.15, -0.1) is 0 Å². The van der Waals surface area contributed by atoms with Gasteiger partial charge in [0.25, 0.3) is 0 Å². The van der Waals surface area contributed by atoms with Crippen LogP contribution in [-0.2, 0) is 31.1 Å². The molecule has 1 atom stereocenters. The quantitative estimate of drug-likeness (QED) is 0.666. The minimum Gasteiger partial charge on any atom is -0.340 e. The lowest BCUT2D eigenvalue weighted by Crippen LogP contribution is -2.53. The number of hydrogen-bond donors (Lipinski definition) is 0. The minimum atomic E-state index is -3.65. The van der Waals surface area contributed by atoms with Gasteiger partial charge in [0.2, 0.25) is 15.9 Å². The number of amides is 1. The van der Waals surface area contributed by atoms with Gasteiger partial charge < -0.3 is 9.47 Å². The molecule has 2 saturated heterocycles. The van der Waals surface area contributed by atoms with Crippen LogP contribution in [0.3, 0.4) is 0 Å². The third-order valence-electron chi connectivity index (χ3n) is 5.76. The van der Waals surface area contributed by atoms with Crippen LogP contribution in [0.1, 0.15) is 12.0 Å². The van der Waals surface area contributed by atoms with Crippen molar-refractivity contribution in [1.82, 2.24) is 13.8 Å². The van der Waals surface area contributed by atoms with Crippen molar-refractivity contribution in [3.05, 3.63) is 54.4 Å². The molecule has 30 heavy (non-hydrogen) atoms. The van der Waals surface area contributed by atoms with Crippen LogP contribution in [0.4, 0.5) is 0 Å². The number of carbonyl (C=O) groups is 1. The lowest BCUT2D eigenvalue weighted by molar-refractivity contribution is -0.131. The van der Waals surface area contributed by atoms with Gasteiger partial charge in [0.1, 0.15) is 0 Å². The molecule has 2 aliphatic rings. The van der Waals surface area contributed by atoms with E-state index in [1.54, 1.807) is 4.90 Å². The van der Waals surface area contributed by atoms with E-state index < -0.39 is 25.1 Å². The summed E-state index contributed by atoms with van der Waals surface area (Å²) in [6, 6.07) is 11.7. The molecule has 8 nitrogen and oxygen atoms in total. The summed E-state index contributed by atoms with van der Waals surface area (Å²) in [5.74, 6) is -0.407. The van der Waals surface area contributed by atoms with Gasteiger partial charge in [0.05, 0.1) is 23.2 Å². The first-order valence-electron chi connectivity index (χ1n) is 9.94. The number of piperazine rings is 1. The van der Waals surface area contributed by atoms with E-state index in [2.05, 4.69) is 0 Å². The summed E-state index contributed by atoms with van der Waals surface area (Å²) in [6.45, 7) is 1.05. The highest BCUT2D eigenvalue weighted by atomic mass is 32.2. The number of rotatable bonds is 5. The van der Waals surface area contributed by atoms with Crippen LogP contribution in [-0.4, -0.2) is 79.4 Å². The molecule has 2 fully saturated rings. The predicted octanol–water partition coefficient (Wildman–Crippen LogP) is 0.681. The summed E-state index contributed by atoms with van der Waals surface area (Å²) >= 11 is 0. The van der Waals surface area contributed by atoms with E-state index in [0.29, 0.717) is 13.1 Å². The third-order valence-corrected chi connectivity index (χ3v) is 10.1. The predicted molar refractivity (Wildman–Crippen MR) is 114 cm³/mol. The van der Waals surface area contributed by atoms with E-state index in [9.17, 15) is 21.6 Å². The van der Waals surface area contributed by atoms with Crippen LogP contribution in [0.15, 0.2) is 48.8 Å². The first-order valence-corrected chi connectivity index (χ1v) is 13.3. The average molecular weight is 452 g/mol. The van der Waals surface area contributed by atoms with Crippen molar-refractivity contribution in [3.63, 3.8) is 0 Å². The van der Waals surface area contributed by atoms with E-state index in [1.165, 1.54) is 4.31 Å². The molecule has 2 aliphatic heterocycles. The van der Waals surface area contributed by atoms with Crippen LogP contribution < -0.4 is 0 Å². The standard InChI is InChI=1S/C20H25N3O5S2/c24-20(15-17-3-5-18(6-4-17)21-8-1-2-9-21)22-10-12-23(13-11-22)30(27,28)19-7-14-29(25,26)16-19/h1-6,8-9,19H,7,10-16H2. The van der Waals surface area contributed by atoms with Crippen molar-refractivity contribution >= 4 is 25.8 Å². The highest BCUT2D eigenvalue weighted by Crippen LogP contribution is 2.23. The lowest BCUT2D eigenvalue weighted by Gasteiger charge is -2.35. The Bertz CT molecular complexity index is 1100. The third kappa shape index (κ3) is 4.45. The Morgan fingerprint density at radius 2 is 1.63 bits per heavy atom. The molecule has 1 amide bonds. The van der Waals surface area contributed by atoms with Gasteiger partial charge in [-0.05, 0) is 36.2 Å². The Morgan fingerprint density at radius 3 is 2.20 bits per heavy atom. The summed E-state index contributed by atoms with van der Waals surface area (Å²) in [7, 11) is -6.92. The van der Waals surface area contributed by atoms with Crippen LogP contribution >= 0.6 is 0 Å². The smallest absolute Gasteiger partial charge is 0.227 e. The summed E-state index contributed by atoms with van der Waals surface area (Å²) < 4.78 is 52.1. The topological polar surface area (TPSA) is 96.8 Å². The number of nitrogens with zero attached hydrogens (tertiary/aromatic N) is 3. The number of carbonyl (C=O) groups excluding carboxylic acids is 1. The second-order valence-electron chi connectivity index (χ2n) is 7.78. The largest absolute Gasteiger partial charge is 0.340 e. The summed E-state index contributed by atoms with van der Waals surface area (Å²) in [4.78, 5) is 14.3. The summed E-state index contributed by atoms with van der Waals surface area (Å²) in [5, 5.41) is -0.858. The zero-order chi connectivity index (χ0) is 21.4. The van der Waals surface area contributed by atoms with Crippen molar-refractivity contribution in [3.8, 4) is 5.69 Å². The van der Waals surface area contributed by atoms with Gasteiger partial charge in [-0.3, -0.25) is 4.79 Å². The fraction of sp³-hybridized carbons (Fsp3) is 0.450. The van der Waals surface area contributed by atoms with Crippen molar-refractivity contribution in [2.45, 2.75) is 18.1 Å². The average Bonchev–Trinajstić information content (AvgIpc) is 3.38. The van der Waals surface area contributed by atoms with Crippen LogP contribution in [0.5, 0.6) is 0 Å². The number of aromatic nitrogens is 1. The maximum absolute atomic E-state index is 12.7. The molecule has 10 heteroatoms. The van der Waals surface area contributed by atoms with E-state index in [-0.39, 0.29) is 43.3 Å². The van der Waals surface area contributed by atoms with Gasteiger partial charge in [-0.2, -0.15) is 4.31 Å². The lowest BCUT2D eigenvalue weighted by atomic mass is 10.1. The number of sulfonamides is 1. The molecule has 0 N–H and O–H groups in total. The van der Waals surface area contributed by atoms with Crippen LogP contribution in [0, 0.1) is 0 Å². The van der Waals surface area contributed by atoms with Gasteiger partial charge in [0.15, 0.2) is 9.84 Å². The highest BCUT2D eigenvalue weighted by Gasteiger charge is 2.41. The molecule has 0 aliphatic carbocycles. The number of sulfone groups is 1. The Labute approximate surface area is 177 Å². The molecule has 0 spiro atoms. The number of benzene rings is 1. The normalized spacial score (nSPS) is 22.3. The van der Waals surface area contributed by atoms with E-state index in [1.807, 2.05) is 53.4 Å². The van der Waals surface area contributed by atoms with Crippen LogP contribution in [0.25, 0.3) is 5.69 Å². The van der Waals surface area contributed by atoms with Crippen molar-refractivity contribution in [1.29, 1.82) is 0 Å². The zero-order valence-corrected chi connectivity index (χ0v) is 18.2. The molecule has 1 unspecified atom stereocenters. The van der Waals surface area contributed by atoms with Gasteiger partial charge in [-0.1, -0.05) is 12.1 Å². The molecule has 2 aromatic rings. The monoisotopic (exact) mass is 451 g/mol. The Balaban J connectivity index is 1.32. The molecule has 162 valence electrons. The Morgan fingerprint density at radius 1 is 1.00 bits per heavy atom. The highest BCUT2D eigenvalue weighted by molar-refractivity contribution is 7.95. The first-order chi connectivity index (χ1) is 14.2. The molecule has 0 radical (unpaired) electrons. The second kappa shape index (κ2) is 8.16. The van der Waals surface area contributed by atoms with Gasteiger partial charge in [0, 0.05) is 44.3 Å².